The van der Waals surface area contributed by atoms with Crippen LogP contribution in [0.2, 0.25) is 0 Å². The second kappa shape index (κ2) is 8.28. The fourth-order valence-corrected chi connectivity index (χ4v) is 5.01. The van der Waals surface area contributed by atoms with Crippen molar-refractivity contribution in [3.05, 3.63) is 64.2 Å². The number of rotatable bonds is 5. The van der Waals surface area contributed by atoms with Crippen molar-refractivity contribution < 1.29 is 13.2 Å². The molecular formula is C23H30N2O3S. The first-order chi connectivity index (χ1) is 13.6. The molecule has 0 bridgehead atoms. The van der Waals surface area contributed by atoms with Gasteiger partial charge < -0.3 is 4.90 Å². The molecule has 1 fully saturated rings. The summed E-state index contributed by atoms with van der Waals surface area (Å²) in [5.74, 6) is -0.152. The molecule has 0 saturated carbocycles. The van der Waals surface area contributed by atoms with Gasteiger partial charge in [-0.25, -0.2) is 8.42 Å². The second-order valence-corrected chi connectivity index (χ2v) is 10.1. The minimum Gasteiger partial charge on any atom is -0.335 e. The molecular weight excluding hydrogens is 384 g/mol. The van der Waals surface area contributed by atoms with Gasteiger partial charge in [-0.1, -0.05) is 24.3 Å². The van der Waals surface area contributed by atoms with Gasteiger partial charge in [-0.3, -0.25) is 4.79 Å². The van der Waals surface area contributed by atoms with Gasteiger partial charge in [-0.15, -0.1) is 0 Å². The number of carbonyl (C=O) groups excluding carboxylic acids is 1. The molecule has 1 aliphatic rings. The number of aryl methyl sites for hydroxylation is 4. The number of likely N-dealkylation sites (tertiary alicyclic amines) is 1. The summed E-state index contributed by atoms with van der Waals surface area (Å²) in [7, 11) is -2.24. The minimum atomic E-state index is -3.71. The first-order valence-corrected chi connectivity index (χ1v) is 11.5. The zero-order valence-electron chi connectivity index (χ0n) is 17.9. The van der Waals surface area contributed by atoms with Crippen molar-refractivity contribution in [3.63, 3.8) is 0 Å². The van der Waals surface area contributed by atoms with Crippen molar-refractivity contribution in [2.75, 3.05) is 20.1 Å². The third kappa shape index (κ3) is 4.38. The monoisotopic (exact) mass is 414 g/mol. The number of hydrogen-bond donors (Lipinski definition) is 0. The van der Waals surface area contributed by atoms with Crippen LogP contribution in [0.5, 0.6) is 0 Å². The lowest BCUT2D eigenvalue weighted by Crippen LogP contribution is -2.40. The number of sulfonamides is 1. The quantitative estimate of drug-likeness (QED) is 0.745. The van der Waals surface area contributed by atoms with Crippen LogP contribution >= 0.6 is 0 Å². The first-order valence-electron chi connectivity index (χ1n) is 10.0. The molecule has 1 aliphatic heterocycles. The summed E-state index contributed by atoms with van der Waals surface area (Å²) in [5, 5.41) is 0. The van der Waals surface area contributed by atoms with Crippen LogP contribution in [0.15, 0.2) is 41.3 Å². The van der Waals surface area contributed by atoms with Crippen LogP contribution in [0.1, 0.15) is 46.7 Å². The summed E-state index contributed by atoms with van der Waals surface area (Å²) < 4.78 is 27.0. The number of amides is 1. The third-order valence-corrected chi connectivity index (χ3v) is 7.83. The van der Waals surface area contributed by atoms with Crippen LogP contribution in [0.4, 0.5) is 0 Å². The van der Waals surface area contributed by atoms with Gasteiger partial charge in [0.2, 0.25) is 15.9 Å². The topological polar surface area (TPSA) is 57.7 Å². The smallest absolute Gasteiger partial charge is 0.243 e. The fraction of sp³-hybridized carbons (Fsp3) is 0.435. The van der Waals surface area contributed by atoms with Gasteiger partial charge in [0.05, 0.1) is 17.5 Å². The average molecular weight is 415 g/mol. The highest BCUT2D eigenvalue weighted by atomic mass is 32.2. The molecule has 1 amide bonds. The number of nitrogens with zero attached hydrogens (tertiary/aromatic N) is 2. The Morgan fingerprint density at radius 1 is 1.00 bits per heavy atom. The highest BCUT2D eigenvalue weighted by Crippen LogP contribution is 2.33. The largest absolute Gasteiger partial charge is 0.335 e. The lowest BCUT2D eigenvalue weighted by molar-refractivity contribution is -0.132. The van der Waals surface area contributed by atoms with Crippen molar-refractivity contribution in [2.45, 2.75) is 51.5 Å². The third-order valence-electron chi connectivity index (χ3n) is 6.03. The zero-order chi connectivity index (χ0) is 21.3. The molecule has 0 radical (unpaired) electrons. The second-order valence-electron chi connectivity index (χ2n) is 8.10. The molecule has 29 heavy (non-hydrogen) atoms. The van der Waals surface area contributed by atoms with Crippen LogP contribution in [0.25, 0.3) is 0 Å². The Hall–Kier alpha value is -2.18. The van der Waals surface area contributed by atoms with Crippen molar-refractivity contribution in [1.29, 1.82) is 0 Å². The van der Waals surface area contributed by atoms with Crippen molar-refractivity contribution in [2.24, 2.45) is 0 Å². The van der Waals surface area contributed by atoms with E-state index in [1.807, 2.05) is 18.7 Å². The Kier molecular flexibility index (Phi) is 6.15. The summed E-state index contributed by atoms with van der Waals surface area (Å²) in [6.45, 7) is 8.48. The molecule has 156 valence electrons. The van der Waals surface area contributed by atoms with E-state index in [2.05, 4.69) is 32.0 Å². The highest BCUT2D eigenvalue weighted by Gasteiger charge is 2.32. The van der Waals surface area contributed by atoms with Crippen LogP contribution in [-0.2, 0) is 14.8 Å². The van der Waals surface area contributed by atoms with Gasteiger partial charge in [-0.05, 0) is 80.5 Å². The van der Waals surface area contributed by atoms with Gasteiger partial charge in [0, 0.05) is 13.6 Å². The molecule has 0 aliphatic carbocycles. The predicted octanol–water partition coefficient (Wildman–Crippen LogP) is 3.90. The predicted molar refractivity (Wildman–Crippen MR) is 115 cm³/mol. The van der Waals surface area contributed by atoms with Crippen molar-refractivity contribution in [3.8, 4) is 0 Å². The maximum atomic E-state index is 13.0. The molecule has 1 heterocycles. The van der Waals surface area contributed by atoms with E-state index >= 15 is 0 Å². The van der Waals surface area contributed by atoms with Gasteiger partial charge >= 0.3 is 0 Å². The first kappa shape index (κ1) is 21.5. The molecule has 0 N–H and O–H groups in total. The average Bonchev–Trinajstić information content (AvgIpc) is 3.16. The van der Waals surface area contributed by atoms with E-state index in [1.54, 1.807) is 18.2 Å². The van der Waals surface area contributed by atoms with Crippen molar-refractivity contribution in [1.82, 2.24) is 9.21 Å². The number of likely N-dealkylation sites (N-methyl/N-ethyl adjacent to an activating group) is 1. The molecule has 3 rings (SSSR count). The minimum absolute atomic E-state index is 0.0134. The lowest BCUT2D eigenvalue weighted by atomic mass is 9.99. The van der Waals surface area contributed by atoms with Crippen molar-refractivity contribution >= 4 is 15.9 Å². The van der Waals surface area contributed by atoms with E-state index in [4.69, 9.17) is 0 Å². The number of carbonyl (C=O) groups is 1. The molecule has 2 aromatic carbocycles. The molecule has 5 nitrogen and oxygen atoms in total. The van der Waals surface area contributed by atoms with E-state index in [0.717, 1.165) is 33.8 Å². The number of hydrogen-bond acceptors (Lipinski definition) is 3. The summed E-state index contributed by atoms with van der Waals surface area (Å²) in [6, 6.07) is 11.4. The summed E-state index contributed by atoms with van der Waals surface area (Å²) in [5.41, 5.74) is 5.51. The van der Waals surface area contributed by atoms with E-state index in [0.29, 0.717) is 6.54 Å². The lowest BCUT2D eigenvalue weighted by Gasteiger charge is -2.27. The highest BCUT2D eigenvalue weighted by molar-refractivity contribution is 7.89. The molecule has 0 aromatic heterocycles. The number of benzene rings is 2. The Labute approximate surface area is 174 Å². The Morgan fingerprint density at radius 2 is 1.62 bits per heavy atom. The van der Waals surface area contributed by atoms with Gasteiger partial charge in [0.15, 0.2) is 0 Å². The van der Waals surface area contributed by atoms with Gasteiger partial charge in [-0.2, -0.15) is 4.31 Å². The van der Waals surface area contributed by atoms with E-state index in [-0.39, 0.29) is 23.4 Å². The normalized spacial score (nSPS) is 17.2. The Bertz CT molecular complexity index is 1030. The molecule has 2 aromatic rings. The van der Waals surface area contributed by atoms with Crippen LogP contribution in [0, 0.1) is 27.7 Å². The zero-order valence-corrected chi connectivity index (χ0v) is 18.7. The van der Waals surface area contributed by atoms with Crippen LogP contribution in [0.3, 0.4) is 0 Å². The standard InChI is InChI=1S/C23H30N2O3S/c1-16-8-10-20(13-18(16)3)22-7-6-12-25(22)23(26)15-24(5)29(27,28)21-11-9-17(2)19(4)14-21/h8-11,13-14,22H,6-7,12,15H2,1-5H3. The maximum Gasteiger partial charge on any atom is 0.243 e. The van der Waals surface area contributed by atoms with E-state index in [9.17, 15) is 13.2 Å². The maximum absolute atomic E-state index is 13.0. The van der Waals surface area contributed by atoms with E-state index in [1.165, 1.54) is 18.2 Å². The van der Waals surface area contributed by atoms with Crippen LogP contribution < -0.4 is 0 Å². The Balaban J connectivity index is 1.77. The fourth-order valence-electron chi connectivity index (χ4n) is 3.80. The van der Waals surface area contributed by atoms with Gasteiger partial charge in [0.25, 0.3) is 0 Å². The van der Waals surface area contributed by atoms with E-state index < -0.39 is 10.0 Å². The van der Waals surface area contributed by atoms with Crippen LogP contribution in [-0.4, -0.2) is 43.7 Å². The molecule has 1 unspecified atom stereocenters. The summed E-state index contributed by atoms with van der Waals surface area (Å²) in [6.07, 6.45) is 1.83. The molecule has 1 atom stereocenters. The Morgan fingerprint density at radius 3 is 2.24 bits per heavy atom. The molecule has 0 spiro atoms. The SMILES string of the molecule is Cc1ccc(C2CCCN2C(=O)CN(C)S(=O)(=O)c2ccc(C)c(C)c2)cc1C. The summed E-state index contributed by atoms with van der Waals surface area (Å²) >= 11 is 0. The summed E-state index contributed by atoms with van der Waals surface area (Å²) in [4.78, 5) is 15.1. The molecule has 6 heteroatoms. The molecule has 1 saturated heterocycles. The van der Waals surface area contributed by atoms with Gasteiger partial charge in [0.1, 0.15) is 0 Å².